The first kappa shape index (κ1) is 18.8. The topological polar surface area (TPSA) is 84.7 Å². The molecule has 2 aromatic heterocycles. The fourth-order valence-electron chi connectivity index (χ4n) is 2.87. The maximum absolute atomic E-state index is 13.0. The molecule has 0 aliphatic carbocycles. The molecule has 7 nitrogen and oxygen atoms in total. The number of carbonyl (C=O) groups is 1. The number of rotatable bonds is 5. The molecule has 1 amide bonds. The average molecular weight is 371 g/mol. The predicted octanol–water partition coefficient (Wildman–Crippen LogP) is 2.07. The number of anilines is 1. The minimum atomic E-state index is -0.654. The molecule has 0 saturated carbocycles. The Bertz CT molecular complexity index is 651. The van der Waals surface area contributed by atoms with Crippen LogP contribution in [0.1, 0.15) is 31.7 Å². The van der Waals surface area contributed by atoms with Gasteiger partial charge in [-0.25, -0.2) is 0 Å². The van der Waals surface area contributed by atoms with Crippen LogP contribution in [-0.4, -0.2) is 39.0 Å². The Labute approximate surface area is 151 Å². The van der Waals surface area contributed by atoms with Crippen LogP contribution in [0.15, 0.2) is 18.5 Å². The quantitative estimate of drug-likeness (QED) is 0.841. The maximum atomic E-state index is 13.0. The van der Waals surface area contributed by atoms with Crippen molar-refractivity contribution in [2.75, 3.05) is 18.4 Å². The lowest BCUT2D eigenvalue weighted by Gasteiger charge is -2.36. The molecule has 2 N–H and O–H groups in total. The van der Waals surface area contributed by atoms with Crippen LogP contribution in [0, 0.1) is 5.92 Å². The van der Waals surface area contributed by atoms with E-state index in [0.29, 0.717) is 23.9 Å². The van der Waals surface area contributed by atoms with Gasteiger partial charge in [-0.1, -0.05) is 25.2 Å². The van der Waals surface area contributed by atoms with E-state index >= 15 is 0 Å². The SMILES string of the molecule is CC(C)Cc1nnc(NC(=O)C2(n3cccn3)CCNCC2)s1.Cl. The fourth-order valence-corrected chi connectivity index (χ4v) is 3.82. The molecule has 1 fully saturated rings. The Morgan fingerprint density at radius 2 is 2.17 bits per heavy atom. The van der Waals surface area contributed by atoms with Gasteiger partial charge in [0, 0.05) is 18.8 Å². The van der Waals surface area contributed by atoms with Crippen molar-refractivity contribution >= 4 is 34.8 Å². The van der Waals surface area contributed by atoms with Crippen LogP contribution in [0.5, 0.6) is 0 Å². The molecule has 0 radical (unpaired) electrons. The highest BCUT2D eigenvalue weighted by Crippen LogP contribution is 2.29. The molecular formula is C15H23ClN6OS. The molecule has 1 aliphatic heterocycles. The van der Waals surface area contributed by atoms with Crippen LogP contribution in [0.3, 0.4) is 0 Å². The lowest BCUT2D eigenvalue weighted by atomic mass is 9.87. The number of carbonyl (C=O) groups excluding carboxylic acids is 1. The van der Waals surface area contributed by atoms with E-state index in [0.717, 1.165) is 24.5 Å². The van der Waals surface area contributed by atoms with E-state index in [9.17, 15) is 4.79 Å². The van der Waals surface area contributed by atoms with Crippen molar-refractivity contribution < 1.29 is 4.79 Å². The van der Waals surface area contributed by atoms with Gasteiger partial charge in [0.15, 0.2) is 0 Å². The third-order valence-electron chi connectivity index (χ3n) is 4.07. The molecule has 3 heterocycles. The lowest BCUT2D eigenvalue weighted by Crippen LogP contribution is -2.52. The zero-order chi connectivity index (χ0) is 16.3. The molecule has 1 aliphatic rings. The maximum Gasteiger partial charge on any atom is 0.254 e. The van der Waals surface area contributed by atoms with E-state index in [1.54, 1.807) is 10.9 Å². The second-order valence-corrected chi connectivity index (χ2v) is 7.35. The van der Waals surface area contributed by atoms with Gasteiger partial charge in [0.25, 0.3) is 5.91 Å². The van der Waals surface area contributed by atoms with Crippen LogP contribution in [-0.2, 0) is 16.8 Å². The van der Waals surface area contributed by atoms with Crippen LogP contribution in [0.2, 0.25) is 0 Å². The first-order valence-electron chi connectivity index (χ1n) is 7.95. The van der Waals surface area contributed by atoms with E-state index in [4.69, 9.17) is 0 Å². The van der Waals surface area contributed by atoms with E-state index in [1.165, 1.54) is 11.3 Å². The third kappa shape index (κ3) is 3.93. The van der Waals surface area contributed by atoms with E-state index < -0.39 is 5.54 Å². The second-order valence-electron chi connectivity index (χ2n) is 6.29. The number of nitrogens with zero attached hydrogens (tertiary/aromatic N) is 4. The molecule has 1 saturated heterocycles. The van der Waals surface area contributed by atoms with Crippen molar-refractivity contribution in [3.05, 3.63) is 23.5 Å². The summed E-state index contributed by atoms with van der Waals surface area (Å²) in [6.07, 6.45) is 5.86. The standard InChI is InChI=1S/C15H22N6OS.ClH/c1-11(2)10-12-19-20-14(23-12)18-13(22)15(4-7-16-8-5-15)21-9-3-6-17-21;/h3,6,9,11,16H,4-5,7-8,10H2,1-2H3,(H,18,20,22);1H. The largest absolute Gasteiger partial charge is 0.317 e. The van der Waals surface area contributed by atoms with Crippen molar-refractivity contribution in [1.82, 2.24) is 25.3 Å². The molecule has 9 heteroatoms. The van der Waals surface area contributed by atoms with Gasteiger partial charge in [-0.2, -0.15) is 5.10 Å². The highest BCUT2D eigenvalue weighted by Gasteiger charge is 2.42. The van der Waals surface area contributed by atoms with Gasteiger partial charge in [-0.05, 0) is 37.9 Å². The second kappa shape index (κ2) is 8.04. The number of aromatic nitrogens is 4. The van der Waals surface area contributed by atoms with Crippen molar-refractivity contribution in [2.24, 2.45) is 5.92 Å². The Morgan fingerprint density at radius 1 is 1.42 bits per heavy atom. The number of halogens is 1. The summed E-state index contributed by atoms with van der Waals surface area (Å²) < 4.78 is 1.78. The molecule has 0 unspecified atom stereocenters. The normalized spacial score (nSPS) is 16.6. The zero-order valence-electron chi connectivity index (χ0n) is 13.9. The summed E-state index contributed by atoms with van der Waals surface area (Å²) in [5, 5.41) is 20.4. The lowest BCUT2D eigenvalue weighted by molar-refractivity contribution is -0.126. The van der Waals surface area contributed by atoms with Crippen molar-refractivity contribution in [1.29, 1.82) is 0 Å². The van der Waals surface area contributed by atoms with E-state index in [1.807, 2.05) is 12.3 Å². The molecule has 0 bridgehead atoms. The van der Waals surface area contributed by atoms with Gasteiger partial charge in [0.1, 0.15) is 10.5 Å². The van der Waals surface area contributed by atoms with Crippen LogP contribution in [0.4, 0.5) is 5.13 Å². The van der Waals surface area contributed by atoms with Crippen molar-refractivity contribution in [3.8, 4) is 0 Å². The molecule has 0 atom stereocenters. The minimum Gasteiger partial charge on any atom is -0.317 e. The van der Waals surface area contributed by atoms with Gasteiger partial charge in [-0.3, -0.25) is 14.8 Å². The highest BCUT2D eigenvalue weighted by atomic mass is 35.5. The number of nitrogens with one attached hydrogen (secondary N) is 2. The highest BCUT2D eigenvalue weighted by molar-refractivity contribution is 7.15. The Balaban J connectivity index is 0.00000208. The summed E-state index contributed by atoms with van der Waals surface area (Å²) in [4.78, 5) is 13.0. The fraction of sp³-hybridized carbons (Fsp3) is 0.600. The smallest absolute Gasteiger partial charge is 0.254 e. The summed E-state index contributed by atoms with van der Waals surface area (Å²) in [5.74, 6) is 0.460. The third-order valence-corrected chi connectivity index (χ3v) is 4.93. The predicted molar refractivity (Wildman–Crippen MR) is 96.6 cm³/mol. The van der Waals surface area contributed by atoms with Crippen molar-refractivity contribution in [2.45, 2.75) is 38.6 Å². The Hall–Kier alpha value is -1.51. The van der Waals surface area contributed by atoms with Gasteiger partial charge < -0.3 is 5.32 Å². The van der Waals surface area contributed by atoms with Crippen LogP contribution in [0.25, 0.3) is 0 Å². The number of piperidine rings is 1. The summed E-state index contributed by atoms with van der Waals surface area (Å²) in [5.41, 5.74) is -0.654. The zero-order valence-corrected chi connectivity index (χ0v) is 15.5. The number of hydrogen-bond acceptors (Lipinski definition) is 6. The van der Waals surface area contributed by atoms with Crippen LogP contribution >= 0.6 is 23.7 Å². The van der Waals surface area contributed by atoms with Gasteiger partial charge >= 0.3 is 0 Å². The number of amides is 1. The molecule has 0 spiro atoms. The van der Waals surface area contributed by atoms with Gasteiger partial charge in [0.05, 0.1) is 0 Å². The molecule has 0 aromatic carbocycles. The Kier molecular flexibility index (Phi) is 6.31. The Morgan fingerprint density at radius 3 is 2.79 bits per heavy atom. The molecule has 132 valence electrons. The molecule has 2 aromatic rings. The first-order chi connectivity index (χ1) is 11.1. The minimum absolute atomic E-state index is 0. The van der Waals surface area contributed by atoms with Gasteiger partial charge in [-0.15, -0.1) is 22.6 Å². The van der Waals surface area contributed by atoms with E-state index in [2.05, 4.69) is 39.8 Å². The monoisotopic (exact) mass is 370 g/mol. The first-order valence-corrected chi connectivity index (χ1v) is 8.76. The summed E-state index contributed by atoms with van der Waals surface area (Å²) in [7, 11) is 0. The summed E-state index contributed by atoms with van der Waals surface area (Å²) >= 11 is 1.45. The summed E-state index contributed by atoms with van der Waals surface area (Å²) in [6, 6.07) is 1.85. The molecular weight excluding hydrogens is 348 g/mol. The molecule has 24 heavy (non-hydrogen) atoms. The van der Waals surface area contributed by atoms with E-state index in [-0.39, 0.29) is 18.3 Å². The van der Waals surface area contributed by atoms with Gasteiger partial charge in [0.2, 0.25) is 5.13 Å². The van der Waals surface area contributed by atoms with Crippen LogP contribution < -0.4 is 10.6 Å². The van der Waals surface area contributed by atoms with Crippen molar-refractivity contribution in [3.63, 3.8) is 0 Å². The molecule has 3 rings (SSSR count). The average Bonchev–Trinajstić information content (AvgIpc) is 3.19. The number of hydrogen-bond donors (Lipinski definition) is 2. The summed E-state index contributed by atoms with van der Waals surface area (Å²) in [6.45, 7) is 5.87.